The van der Waals surface area contributed by atoms with Crippen molar-refractivity contribution in [2.45, 2.75) is 44.3 Å². The lowest BCUT2D eigenvalue weighted by Crippen LogP contribution is -2.41. The zero-order valence-electron chi connectivity index (χ0n) is 24.9. The number of aromatic nitrogens is 3. The predicted molar refractivity (Wildman–Crippen MR) is 169 cm³/mol. The second kappa shape index (κ2) is 9.95. The number of fused-ring (bicyclic) bond motifs is 4. The topological polar surface area (TPSA) is 116 Å². The summed E-state index contributed by atoms with van der Waals surface area (Å²) in [5.41, 5.74) is 12.7. The van der Waals surface area contributed by atoms with E-state index in [2.05, 4.69) is 27.3 Å². The Balaban J connectivity index is 1.24. The molecule has 224 valence electrons. The van der Waals surface area contributed by atoms with Crippen molar-refractivity contribution in [2.75, 3.05) is 13.7 Å². The van der Waals surface area contributed by atoms with Crippen LogP contribution in [0.15, 0.2) is 60.7 Å². The number of piperidine rings is 1. The number of aryl methyl sites for hydroxylation is 1. The second-order valence-electron chi connectivity index (χ2n) is 12.7. The van der Waals surface area contributed by atoms with Crippen LogP contribution in [0.3, 0.4) is 0 Å². The molecule has 2 aliphatic carbocycles. The Morgan fingerprint density at radius 3 is 2.52 bits per heavy atom. The number of methoxy groups -OCH3 is 1. The van der Waals surface area contributed by atoms with E-state index in [1.54, 1.807) is 25.3 Å². The smallest absolute Gasteiger partial charge is 0.335 e. The molecule has 3 unspecified atom stereocenters. The van der Waals surface area contributed by atoms with E-state index in [9.17, 15) is 14.7 Å². The van der Waals surface area contributed by atoms with Crippen LogP contribution in [0.4, 0.5) is 0 Å². The lowest BCUT2D eigenvalue weighted by Gasteiger charge is -2.27. The standard InChI is InChI=1S/C35H35N5O4/c1-38-32-26(13-25(16-30(32)44-2)34(41)40-18-24-10-11-27(40)31(24)36)37-33(38)29-15-22-9-8-21(14-28(22)39(29)17-19-6-7-19)20-4-3-5-23(12-20)35(42)43/h3-5,8-9,12-16,19,24,27,31H,6-7,10-11,17-18,36H2,1-2H3,(H,42,43). The van der Waals surface area contributed by atoms with Gasteiger partial charge in [0.05, 0.1) is 23.9 Å². The molecule has 1 saturated heterocycles. The van der Waals surface area contributed by atoms with E-state index in [-0.39, 0.29) is 23.6 Å². The normalized spacial score (nSPS) is 21.1. The number of amides is 1. The lowest BCUT2D eigenvalue weighted by atomic mass is 10.0. The first-order valence-electron chi connectivity index (χ1n) is 15.4. The van der Waals surface area contributed by atoms with Crippen molar-refractivity contribution in [3.63, 3.8) is 0 Å². The van der Waals surface area contributed by atoms with Gasteiger partial charge in [-0.05, 0) is 85.0 Å². The largest absolute Gasteiger partial charge is 0.494 e. The fraction of sp³-hybridized carbons (Fsp3) is 0.343. The summed E-state index contributed by atoms with van der Waals surface area (Å²) in [6.45, 7) is 1.58. The van der Waals surface area contributed by atoms with E-state index in [0.717, 1.165) is 58.5 Å². The van der Waals surface area contributed by atoms with E-state index >= 15 is 0 Å². The fourth-order valence-corrected chi connectivity index (χ4v) is 7.47. The van der Waals surface area contributed by atoms with Crippen LogP contribution in [0.2, 0.25) is 0 Å². The number of carboxylic acids is 1. The van der Waals surface area contributed by atoms with E-state index in [4.69, 9.17) is 15.5 Å². The van der Waals surface area contributed by atoms with Crippen LogP contribution >= 0.6 is 0 Å². The summed E-state index contributed by atoms with van der Waals surface area (Å²) in [4.78, 5) is 32.4. The minimum Gasteiger partial charge on any atom is -0.494 e. The number of rotatable bonds is 7. The number of likely N-dealkylation sites (tertiary alicyclic amines) is 1. The molecule has 3 N–H and O–H groups in total. The van der Waals surface area contributed by atoms with Gasteiger partial charge in [-0.3, -0.25) is 4.79 Å². The molecule has 0 spiro atoms. The van der Waals surface area contributed by atoms with Crippen molar-refractivity contribution in [3.05, 3.63) is 71.8 Å². The molecule has 1 aliphatic heterocycles. The number of hydrogen-bond acceptors (Lipinski definition) is 5. The van der Waals surface area contributed by atoms with E-state index in [1.807, 2.05) is 36.2 Å². The molecular formula is C35H35N5O4. The first-order chi connectivity index (χ1) is 21.3. The number of carboxylic acid groups (broad SMARTS) is 1. The van der Waals surface area contributed by atoms with Crippen LogP contribution in [-0.2, 0) is 13.6 Å². The quantitative estimate of drug-likeness (QED) is 0.258. The molecule has 3 aromatic carbocycles. The van der Waals surface area contributed by atoms with Crippen LogP contribution in [0.1, 0.15) is 46.4 Å². The number of ether oxygens (including phenoxy) is 1. The SMILES string of the molecule is COc1cc(C(=O)N2CC3CCC2C3N)cc2nc(-c3cc4ccc(-c5cccc(C(=O)O)c5)cc4n3CC3CC3)n(C)c12. The molecular weight excluding hydrogens is 554 g/mol. The van der Waals surface area contributed by atoms with Gasteiger partial charge in [-0.1, -0.05) is 24.3 Å². The molecule has 3 aliphatic rings. The summed E-state index contributed by atoms with van der Waals surface area (Å²) in [5, 5.41) is 10.6. The zero-order valence-corrected chi connectivity index (χ0v) is 24.9. The summed E-state index contributed by atoms with van der Waals surface area (Å²) in [5.74, 6) is 1.46. The van der Waals surface area contributed by atoms with Crippen LogP contribution in [0.5, 0.6) is 5.75 Å². The van der Waals surface area contributed by atoms with Gasteiger partial charge < -0.3 is 29.6 Å². The molecule has 1 amide bonds. The highest BCUT2D eigenvalue weighted by molar-refractivity contribution is 6.01. The third-order valence-electron chi connectivity index (χ3n) is 10.0. The highest BCUT2D eigenvalue weighted by Gasteiger charge is 2.47. The number of nitrogens with two attached hydrogens (primary N) is 1. The number of aromatic carboxylic acids is 1. The van der Waals surface area contributed by atoms with Gasteiger partial charge in [0.2, 0.25) is 0 Å². The fourth-order valence-electron chi connectivity index (χ4n) is 7.47. The van der Waals surface area contributed by atoms with Gasteiger partial charge in [0.15, 0.2) is 5.82 Å². The van der Waals surface area contributed by atoms with Crippen LogP contribution in [0.25, 0.3) is 44.6 Å². The van der Waals surface area contributed by atoms with Gasteiger partial charge in [0, 0.05) is 48.7 Å². The highest BCUT2D eigenvalue weighted by atomic mass is 16.5. The van der Waals surface area contributed by atoms with Gasteiger partial charge in [-0.2, -0.15) is 0 Å². The molecule has 9 heteroatoms. The third-order valence-corrected chi connectivity index (χ3v) is 10.0. The highest BCUT2D eigenvalue weighted by Crippen LogP contribution is 2.41. The molecule has 3 atom stereocenters. The lowest BCUT2D eigenvalue weighted by molar-refractivity contribution is 0.0689. The Labute approximate surface area is 254 Å². The first-order valence-corrected chi connectivity index (χ1v) is 15.4. The summed E-state index contributed by atoms with van der Waals surface area (Å²) < 4.78 is 10.3. The van der Waals surface area contributed by atoms with E-state index < -0.39 is 5.97 Å². The average Bonchev–Trinajstić information content (AvgIpc) is 3.44. The van der Waals surface area contributed by atoms with Crippen molar-refractivity contribution in [3.8, 4) is 28.4 Å². The summed E-state index contributed by atoms with van der Waals surface area (Å²) in [7, 11) is 3.63. The number of carbonyl (C=O) groups excluding carboxylic acids is 1. The van der Waals surface area contributed by atoms with Crippen LogP contribution in [0, 0.1) is 11.8 Å². The monoisotopic (exact) mass is 589 g/mol. The predicted octanol–water partition coefficient (Wildman–Crippen LogP) is 5.54. The Hall–Kier alpha value is -4.63. The van der Waals surface area contributed by atoms with Gasteiger partial charge in [0.1, 0.15) is 11.3 Å². The van der Waals surface area contributed by atoms with Crippen molar-refractivity contribution in [2.24, 2.45) is 24.6 Å². The molecule has 2 aromatic heterocycles. The molecule has 5 aromatic rings. The molecule has 2 saturated carbocycles. The van der Waals surface area contributed by atoms with Gasteiger partial charge in [0.25, 0.3) is 5.91 Å². The summed E-state index contributed by atoms with van der Waals surface area (Å²) >= 11 is 0. The number of nitrogens with zero attached hydrogens (tertiary/aromatic N) is 4. The second-order valence-corrected chi connectivity index (χ2v) is 12.7. The molecule has 8 rings (SSSR count). The Bertz CT molecular complexity index is 1990. The van der Waals surface area contributed by atoms with Crippen molar-refractivity contribution in [1.82, 2.24) is 19.0 Å². The van der Waals surface area contributed by atoms with Gasteiger partial charge in [-0.25, -0.2) is 9.78 Å². The summed E-state index contributed by atoms with van der Waals surface area (Å²) in [6, 6.07) is 19.4. The Morgan fingerprint density at radius 1 is 1.00 bits per heavy atom. The van der Waals surface area contributed by atoms with Gasteiger partial charge >= 0.3 is 5.97 Å². The summed E-state index contributed by atoms with van der Waals surface area (Å²) in [6.07, 6.45) is 4.45. The zero-order chi connectivity index (χ0) is 30.3. The van der Waals surface area contributed by atoms with Gasteiger partial charge in [-0.15, -0.1) is 0 Å². The maximum absolute atomic E-state index is 13.7. The minimum absolute atomic E-state index is 0.0117. The first kappa shape index (κ1) is 27.0. The maximum Gasteiger partial charge on any atom is 0.335 e. The molecule has 9 nitrogen and oxygen atoms in total. The average molecular weight is 590 g/mol. The van der Waals surface area contributed by atoms with Crippen LogP contribution < -0.4 is 10.5 Å². The number of carbonyl (C=O) groups is 2. The van der Waals surface area contributed by atoms with Crippen LogP contribution in [-0.4, -0.2) is 61.7 Å². The van der Waals surface area contributed by atoms with Crippen molar-refractivity contribution < 1.29 is 19.4 Å². The molecule has 0 radical (unpaired) electrons. The van der Waals surface area contributed by atoms with E-state index in [1.165, 1.54) is 12.8 Å². The molecule has 3 heterocycles. The number of hydrogen-bond donors (Lipinski definition) is 2. The number of benzene rings is 3. The van der Waals surface area contributed by atoms with E-state index in [0.29, 0.717) is 35.2 Å². The Kier molecular flexibility index (Phi) is 6.10. The molecule has 2 bridgehead atoms. The van der Waals surface area contributed by atoms with Crippen molar-refractivity contribution >= 4 is 33.8 Å². The number of imidazole rings is 1. The van der Waals surface area contributed by atoms with Crippen molar-refractivity contribution in [1.29, 1.82) is 0 Å². The minimum atomic E-state index is -0.939. The molecule has 3 fully saturated rings. The third kappa shape index (κ3) is 4.21. The Morgan fingerprint density at radius 2 is 1.82 bits per heavy atom. The maximum atomic E-state index is 13.7. The molecule has 44 heavy (non-hydrogen) atoms.